The van der Waals surface area contributed by atoms with E-state index in [0.717, 1.165) is 31.5 Å². The average Bonchev–Trinajstić information content (AvgIpc) is 3.25. The van der Waals surface area contributed by atoms with E-state index in [1.54, 1.807) is 24.5 Å². The Morgan fingerprint density at radius 1 is 1.33 bits per heavy atom. The minimum Gasteiger partial charge on any atom is -0.468 e. The summed E-state index contributed by atoms with van der Waals surface area (Å²) in [6.45, 7) is 1.02. The van der Waals surface area contributed by atoms with Gasteiger partial charge in [-0.1, -0.05) is 0 Å². The van der Waals surface area contributed by atoms with Gasteiger partial charge in [0.15, 0.2) is 12.6 Å². The van der Waals surface area contributed by atoms with Crippen molar-refractivity contribution < 1.29 is 17.9 Å². The highest BCUT2D eigenvalue weighted by Gasteiger charge is 2.28. The first kappa shape index (κ1) is 24.5. The molecule has 0 spiro atoms. The van der Waals surface area contributed by atoms with Crippen molar-refractivity contribution >= 4 is 46.3 Å². The Morgan fingerprint density at radius 3 is 2.73 bits per heavy atom. The molecule has 1 saturated heterocycles. The average molecular weight is 555 g/mol. The van der Waals surface area contributed by atoms with Crippen LogP contribution in [0.1, 0.15) is 18.4 Å². The first-order valence-electron chi connectivity index (χ1n) is 9.33. The summed E-state index contributed by atoms with van der Waals surface area (Å²) in [5.41, 5.74) is 0.757. The number of alkyl halides is 3. The summed E-state index contributed by atoms with van der Waals surface area (Å²) >= 11 is 1.75. The van der Waals surface area contributed by atoms with Gasteiger partial charge >= 0.3 is 6.18 Å². The fraction of sp³-hybridized carbons (Fsp3) is 0.474. The van der Waals surface area contributed by atoms with E-state index in [9.17, 15) is 13.2 Å². The third-order valence-electron chi connectivity index (χ3n) is 4.52. The highest BCUT2D eigenvalue weighted by atomic mass is 127. The second-order valence-electron chi connectivity index (χ2n) is 6.69. The quantitative estimate of drug-likeness (QED) is 0.320. The van der Waals surface area contributed by atoms with Gasteiger partial charge in [0.2, 0.25) is 5.88 Å². The number of anilines is 1. The Balaban J connectivity index is 0.00000320. The fourth-order valence-corrected chi connectivity index (χ4v) is 3.85. The number of nitrogens with zero attached hydrogens (tertiary/aromatic N) is 3. The Morgan fingerprint density at radius 2 is 2.10 bits per heavy atom. The van der Waals surface area contributed by atoms with Crippen LogP contribution in [0.5, 0.6) is 5.88 Å². The molecule has 0 bridgehead atoms. The molecule has 0 saturated carbocycles. The number of nitrogens with one attached hydrogen (secondary N) is 2. The Labute approximate surface area is 195 Å². The normalized spacial score (nSPS) is 15.5. The van der Waals surface area contributed by atoms with E-state index < -0.39 is 12.8 Å². The van der Waals surface area contributed by atoms with Crippen LogP contribution in [-0.2, 0) is 6.54 Å². The van der Waals surface area contributed by atoms with Crippen molar-refractivity contribution in [3.8, 4) is 5.88 Å². The Hall–Kier alpha value is -1.76. The van der Waals surface area contributed by atoms with E-state index in [2.05, 4.69) is 43.0 Å². The molecular formula is C19H25F3IN5OS. The van der Waals surface area contributed by atoms with Gasteiger partial charge in [-0.2, -0.15) is 13.2 Å². The van der Waals surface area contributed by atoms with Gasteiger partial charge in [0.05, 0.1) is 5.00 Å². The summed E-state index contributed by atoms with van der Waals surface area (Å²) in [5.74, 6) is 0.611. The molecule has 166 valence electrons. The number of aromatic nitrogens is 1. The molecule has 1 aliphatic heterocycles. The van der Waals surface area contributed by atoms with Crippen LogP contribution in [0, 0.1) is 0 Å². The van der Waals surface area contributed by atoms with Crippen LogP contribution in [0.3, 0.4) is 0 Å². The van der Waals surface area contributed by atoms with Gasteiger partial charge in [0, 0.05) is 45.0 Å². The summed E-state index contributed by atoms with van der Waals surface area (Å²) in [6.07, 6.45) is -0.952. The molecule has 0 atom stereocenters. The maximum absolute atomic E-state index is 12.3. The maximum Gasteiger partial charge on any atom is 0.422 e. The lowest BCUT2D eigenvalue weighted by Gasteiger charge is -2.33. The van der Waals surface area contributed by atoms with Crippen molar-refractivity contribution in [2.45, 2.75) is 31.6 Å². The van der Waals surface area contributed by atoms with Crippen LogP contribution in [0.2, 0.25) is 0 Å². The first-order chi connectivity index (χ1) is 13.9. The minimum absolute atomic E-state index is 0. The van der Waals surface area contributed by atoms with Crippen LogP contribution >= 0.6 is 35.3 Å². The van der Waals surface area contributed by atoms with Gasteiger partial charge in [0.1, 0.15) is 0 Å². The lowest BCUT2D eigenvalue weighted by molar-refractivity contribution is -0.154. The molecule has 6 nitrogen and oxygen atoms in total. The molecule has 2 aromatic heterocycles. The van der Waals surface area contributed by atoms with Gasteiger partial charge in [-0.15, -0.1) is 35.3 Å². The van der Waals surface area contributed by atoms with E-state index in [1.165, 1.54) is 17.3 Å². The van der Waals surface area contributed by atoms with Crippen LogP contribution < -0.4 is 20.3 Å². The Kier molecular flexibility index (Phi) is 9.46. The molecule has 1 fully saturated rings. The van der Waals surface area contributed by atoms with E-state index in [4.69, 9.17) is 4.74 Å². The van der Waals surface area contributed by atoms with Gasteiger partial charge in [-0.3, -0.25) is 4.99 Å². The van der Waals surface area contributed by atoms with Crippen LogP contribution in [0.15, 0.2) is 40.8 Å². The molecule has 3 heterocycles. The summed E-state index contributed by atoms with van der Waals surface area (Å²) in [6, 6.07) is 7.74. The molecule has 0 aliphatic carbocycles. The van der Waals surface area contributed by atoms with E-state index in [-0.39, 0.29) is 29.9 Å². The fourth-order valence-electron chi connectivity index (χ4n) is 3.06. The van der Waals surface area contributed by atoms with Gasteiger partial charge in [-0.05, 0) is 42.0 Å². The zero-order valence-electron chi connectivity index (χ0n) is 16.5. The van der Waals surface area contributed by atoms with Crippen molar-refractivity contribution in [1.82, 2.24) is 15.6 Å². The molecule has 0 unspecified atom stereocenters. The molecule has 2 N–H and O–H groups in total. The van der Waals surface area contributed by atoms with Crippen LogP contribution in [-0.4, -0.2) is 49.9 Å². The van der Waals surface area contributed by atoms with E-state index in [0.29, 0.717) is 18.5 Å². The SMILES string of the molecule is CN=C(NCc1ccnc(OCC(F)(F)F)c1)NC1CCN(c2cccs2)CC1.I. The topological polar surface area (TPSA) is 61.8 Å². The third kappa shape index (κ3) is 7.82. The van der Waals surface area contributed by atoms with E-state index in [1.807, 2.05) is 0 Å². The van der Waals surface area contributed by atoms with Gasteiger partial charge < -0.3 is 20.3 Å². The smallest absolute Gasteiger partial charge is 0.422 e. The summed E-state index contributed by atoms with van der Waals surface area (Å²) < 4.78 is 41.5. The summed E-state index contributed by atoms with van der Waals surface area (Å²) in [7, 11) is 1.69. The first-order valence-corrected chi connectivity index (χ1v) is 10.2. The third-order valence-corrected chi connectivity index (χ3v) is 5.45. The molecule has 2 aromatic rings. The maximum atomic E-state index is 12.3. The number of hydrogen-bond donors (Lipinski definition) is 2. The van der Waals surface area contributed by atoms with Crippen molar-refractivity contribution in [2.75, 3.05) is 31.6 Å². The molecule has 0 radical (unpaired) electrons. The van der Waals surface area contributed by atoms with Gasteiger partial charge in [-0.25, -0.2) is 4.98 Å². The predicted molar refractivity (Wildman–Crippen MR) is 124 cm³/mol. The standard InChI is InChI=1S/C19H24F3N5OS.HI/c1-23-18(26-15-5-8-27(9-6-15)17-3-2-10-29-17)25-12-14-4-7-24-16(11-14)28-13-19(20,21)22;/h2-4,7,10-11,15H,5-6,8-9,12-13H2,1H3,(H2,23,25,26);1H. The summed E-state index contributed by atoms with van der Waals surface area (Å²) in [4.78, 5) is 10.4. The van der Waals surface area contributed by atoms with Crippen molar-refractivity contribution in [2.24, 2.45) is 4.99 Å². The van der Waals surface area contributed by atoms with Gasteiger partial charge in [0.25, 0.3) is 0 Å². The number of thiophene rings is 1. The molecule has 30 heavy (non-hydrogen) atoms. The molecular weight excluding hydrogens is 530 g/mol. The zero-order valence-corrected chi connectivity index (χ0v) is 19.6. The van der Waals surface area contributed by atoms with Crippen molar-refractivity contribution in [1.29, 1.82) is 0 Å². The number of hydrogen-bond acceptors (Lipinski definition) is 5. The number of halogens is 4. The number of aliphatic imine (C=N–C) groups is 1. The number of pyridine rings is 1. The zero-order chi connectivity index (χ0) is 20.7. The highest BCUT2D eigenvalue weighted by molar-refractivity contribution is 14.0. The number of ether oxygens (including phenoxy) is 1. The second-order valence-corrected chi connectivity index (χ2v) is 7.62. The molecule has 0 amide bonds. The predicted octanol–water partition coefficient (Wildman–Crippen LogP) is 4.04. The molecule has 3 rings (SSSR count). The molecule has 1 aliphatic rings. The van der Waals surface area contributed by atoms with E-state index >= 15 is 0 Å². The van der Waals surface area contributed by atoms with Crippen molar-refractivity contribution in [3.63, 3.8) is 0 Å². The number of piperidine rings is 1. The monoisotopic (exact) mass is 555 g/mol. The van der Waals surface area contributed by atoms with Crippen molar-refractivity contribution in [3.05, 3.63) is 41.4 Å². The second kappa shape index (κ2) is 11.6. The highest BCUT2D eigenvalue weighted by Crippen LogP contribution is 2.24. The Bertz CT molecular complexity index is 796. The number of rotatable bonds is 6. The lowest BCUT2D eigenvalue weighted by Crippen LogP contribution is -2.48. The lowest BCUT2D eigenvalue weighted by atomic mass is 10.1. The largest absolute Gasteiger partial charge is 0.468 e. The van der Waals surface area contributed by atoms with Crippen LogP contribution in [0.4, 0.5) is 18.2 Å². The number of guanidine groups is 1. The van der Waals surface area contributed by atoms with Crippen LogP contribution in [0.25, 0.3) is 0 Å². The summed E-state index contributed by atoms with van der Waals surface area (Å²) in [5, 5.41) is 10.0. The minimum atomic E-state index is -4.39. The molecule has 0 aromatic carbocycles. The molecule has 11 heteroatoms.